The molecule has 11 nitrogen and oxygen atoms in total. The number of methoxy groups -OCH3 is 1. The highest BCUT2D eigenvalue weighted by molar-refractivity contribution is 6.11. The molecule has 3 fully saturated rings. The number of nitrogens with zero attached hydrogens (tertiary/aromatic N) is 6. The lowest BCUT2D eigenvalue weighted by atomic mass is 9.78. The van der Waals surface area contributed by atoms with E-state index in [-0.39, 0.29) is 36.1 Å². The molecule has 5 heterocycles. The summed E-state index contributed by atoms with van der Waals surface area (Å²) < 4.78 is 35.8. The van der Waals surface area contributed by atoms with Gasteiger partial charge < -0.3 is 34.2 Å². The third-order valence-electron chi connectivity index (χ3n) is 11.3. The highest BCUT2D eigenvalue weighted by Crippen LogP contribution is 2.51. The summed E-state index contributed by atoms with van der Waals surface area (Å²) in [5, 5.41) is 29.2. The van der Waals surface area contributed by atoms with Gasteiger partial charge in [-0.1, -0.05) is 13.0 Å². The maximum atomic E-state index is 15.9. The van der Waals surface area contributed by atoms with Crippen LogP contribution in [0.4, 0.5) is 10.2 Å². The van der Waals surface area contributed by atoms with Crippen molar-refractivity contribution in [2.75, 3.05) is 64.6 Å². The number of rotatable bonds is 7. The van der Waals surface area contributed by atoms with E-state index in [1.165, 1.54) is 6.07 Å². The van der Waals surface area contributed by atoms with E-state index in [9.17, 15) is 10.2 Å². The van der Waals surface area contributed by atoms with Crippen molar-refractivity contribution in [2.45, 2.75) is 57.2 Å². The SMILES string of the molecule is COC1CCN(CC2(COc3nc(N4CCOCC(C)(O)C4)c4c(n3)c3c(n5nccc45)-c4cc(O)cc5ccc(F)c(c45)C3C)CC2)CC1. The van der Waals surface area contributed by atoms with Gasteiger partial charge in [-0.05, 0) is 67.6 Å². The molecular weight excluding hydrogens is 639 g/mol. The lowest BCUT2D eigenvalue weighted by Gasteiger charge is -2.34. The van der Waals surface area contributed by atoms with Gasteiger partial charge in [0.1, 0.15) is 23.0 Å². The Kier molecular flexibility index (Phi) is 7.47. The number of phenolic OH excluding ortho intramolecular Hbond substituents is 1. The van der Waals surface area contributed by atoms with Crippen LogP contribution in [0.2, 0.25) is 0 Å². The van der Waals surface area contributed by atoms with Gasteiger partial charge in [0.05, 0.1) is 60.8 Å². The summed E-state index contributed by atoms with van der Waals surface area (Å²) in [6.45, 7) is 8.65. The summed E-state index contributed by atoms with van der Waals surface area (Å²) in [7, 11) is 1.80. The molecule has 2 aliphatic heterocycles. The average Bonchev–Trinajstić information content (AvgIpc) is 3.74. The molecule has 1 saturated carbocycles. The number of benzene rings is 2. The predicted octanol–water partition coefficient (Wildman–Crippen LogP) is 5.27. The summed E-state index contributed by atoms with van der Waals surface area (Å²) in [6, 6.07) is 8.73. The van der Waals surface area contributed by atoms with E-state index >= 15 is 4.39 Å². The topological polar surface area (TPSA) is 118 Å². The molecule has 0 radical (unpaired) electrons. The second-order valence-corrected chi connectivity index (χ2v) is 15.2. The number of aromatic hydroxyl groups is 1. The lowest BCUT2D eigenvalue weighted by molar-refractivity contribution is -0.0123. The number of pyridine rings is 1. The van der Waals surface area contributed by atoms with Gasteiger partial charge in [-0.25, -0.2) is 8.91 Å². The normalized spacial score (nSPS) is 23.8. The van der Waals surface area contributed by atoms with Crippen molar-refractivity contribution in [3.63, 3.8) is 0 Å². The number of fused-ring (bicyclic) bond motifs is 7. The first-order valence-electron chi connectivity index (χ1n) is 17.7. The maximum Gasteiger partial charge on any atom is 0.318 e. The Balaban J connectivity index is 1.21. The van der Waals surface area contributed by atoms with Gasteiger partial charge in [0, 0.05) is 61.3 Å². The van der Waals surface area contributed by atoms with Gasteiger partial charge >= 0.3 is 6.01 Å². The molecule has 0 spiro atoms. The van der Waals surface area contributed by atoms with E-state index in [1.54, 1.807) is 38.4 Å². The number of hydrogen-bond acceptors (Lipinski definition) is 10. The molecule has 4 aliphatic rings. The van der Waals surface area contributed by atoms with Gasteiger partial charge in [-0.15, -0.1) is 0 Å². The Hall–Kier alpha value is -4.10. The van der Waals surface area contributed by atoms with E-state index in [0.717, 1.165) is 78.3 Å². The predicted molar refractivity (Wildman–Crippen MR) is 188 cm³/mol. The highest BCUT2D eigenvalue weighted by Gasteiger charge is 2.46. The van der Waals surface area contributed by atoms with Crippen LogP contribution in [-0.2, 0) is 9.47 Å². The monoisotopic (exact) mass is 682 g/mol. The Morgan fingerprint density at radius 1 is 1.06 bits per heavy atom. The molecule has 262 valence electrons. The molecule has 3 aromatic heterocycles. The quantitative estimate of drug-likeness (QED) is 0.235. The fraction of sp³-hybridized carbons (Fsp3) is 0.500. The van der Waals surface area contributed by atoms with E-state index in [0.29, 0.717) is 48.3 Å². The number of piperidine rings is 1. The Labute approximate surface area is 289 Å². The van der Waals surface area contributed by atoms with Gasteiger partial charge in [-0.2, -0.15) is 15.1 Å². The van der Waals surface area contributed by atoms with Crippen LogP contribution >= 0.6 is 0 Å². The number of β-amino-alcohol motifs (C(OH)–C–C–N with tert-alkyl or cyclic N) is 1. The highest BCUT2D eigenvalue weighted by atomic mass is 19.1. The summed E-state index contributed by atoms with van der Waals surface area (Å²) in [4.78, 5) is 14.8. The first-order chi connectivity index (χ1) is 24.1. The minimum absolute atomic E-state index is 0.0376. The van der Waals surface area contributed by atoms with Gasteiger partial charge in [-0.3, -0.25) is 0 Å². The maximum absolute atomic E-state index is 15.9. The number of anilines is 1. The third-order valence-corrected chi connectivity index (χ3v) is 11.3. The van der Waals surface area contributed by atoms with Crippen LogP contribution in [0.1, 0.15) is 56.6 Å². The van der Waals surface area contributed by atoms with Crippen molar-refractivity contribution >= 4 is 33.0 Å². The second-order valence-electron chi connectivity index (χ2n) is 15.2. The molecule has 2 N–H and O–H groups in total. The number of hydrogen-bond donors (Lipinski definition) is 2. The molecule has 9 rings (SSSR count). The lowest BCUT2D eigenvalue weighted by Crippen LogP contribution is -2.42. The van der Waals surface area contributed by atoms with Crippen molar-refractivity contribution in [3.8, 4) is 23.0 Å². The summed E-state index contributed by atoms with van der Waals surface area (Å²) in [5.74, 6) is -0.0136. The average molecular weight is 683 g/mol. The molecule has 2 aromatic carbocycles. The van der Waals surface area contributed by atoms with Crippen LogP contribution in [0, 0.1) is 11.2 Å². The molecule has 0 bridgehead atoms. The summed E-state index contributed by atoms with van der Waals surface area (Å²) in [5.41, 5.74) is 3.13. The van der Waals surface area contributed by atoms with E-state index in [4.69, 9.17) is 29.3 Å². The smallest absolute Gasteiger partial charge is 0.318 e. The molecule has 2 unspecified atom stereocenters. The molecule has 0 amide bonds. The van der Waals surface area contributed by atoms with Crippen molar-refractivity contribution < 1.29 is 28.8 Å². The second kappa shape index (κ2) is 11.7. The van der Waals surface area contributed by atoms with Crippen molar-refractivity contribution in [3.05, 3.63) is 53.5 Å². The summed E-state index contributed by atoms with van der Waals surface area (Å²) >= 11 is 0. The van der Waals surface area contributed by atoms with Crippen molar-refractivity contribution in [1.82, 2.24) is 24.5 Å². The Bertz CT molecular complexity index is 2140. The number of aromatic nitrogens is 4. The largest absolute Gasteiger partial charge is 0.508 e. The third kappa shape index (κ3) is 5.26. The zero-order valence-corrected chi connectivity index (χ0v) is 28.8. The fourth-order valence-corrected chi connectivity index (χ4v) is 8.63. The molecule has 2 saturated heterocycles. The zero-order chi connectivity index (χ0) is 34.4. The number of aliphatic hydroxyl groups is 1. The number of ether oxygens (including phenoxy) is 3. The van der Waals surface area contributed by atoms with Crippen LogP contribution in [-0.4, -0.2) is 106 Å². The molecule has 5 aromatic rings. The van der Waals surface area contributed by atoms with Crippen LogP contribution in [0.3, 0.4) is 0 Å². The molecule has 2 atom stereocenters. The first kappa shape index (κ1) is 31.9. The fourth-order valence-electron chi connectivity index (χ4n) is 8.63. The number of phenols is 1. The standard InChI is InChI=1S/C38H43FN6O5/c1-22-29-27(39)5-4-23-16-24(46)17-26(31(23)29)34-30(22)33-32(28-6-11-40-45(28)34)35(44-14-15-49-20-37(2,47)18-44)42-36(41-33)50-21-38(9-10-38)19-43-12-7-25(48-3)8-13-43/h4-6,11,16-17,22,25,46-47H,7-10,12-15,18-21H2,1-3H3. The molecule has 2 aliphatic carbocycles. The van der Waals surface area contributed by atoms with Crippen LogP contribution < -0.4 is 9.64 Å². The van der Waals surface area contributed by atoms with E-state index in [1.807, 2.05) is 22.4 Å². The molecular formula is C38H43FN6O5. The first-order valence-corrected chi connectivity index (χ1v) is 17.7. The van der Waals surface area contributed by atoms with Crippen LogP contribution in [0.5, 0.6) is 11.8 Å². The van der Waals surface area contributed by atoms with Crippen LogP contribution in [0.15, 0.2) is 36.5 Å². The Morgan fingerprint density at radius 2 is 1.88 bits per heavy atom. The number of halogens is 1. The van der Waals surface area contributed by atoms with Gasteiger partial charge in [0.2, 0.25) is 0 Å². The number of likely N-dealkylation sites (tertiary alicyclic amines) is 1. The van der Waals surface area contributed by atoms with E-state index < -0.39 is 11.5 Å². The van der Waals surface area contributed by atoms with Crippen LogP contribution in [0.25, 0.3) is 38.4 Å². The minimum Gasteiger partial charge on any atom is -0.508 e. The van der Waals surface area contributed by atoms with Gasteiger partial charge in [0.25, 0.3) is 0 Å². The van der Waals surface area contributed by atoms with Crippen molar-refractivity contribution in [2.24, 2.45) is 5.41 Å². The zero-order valence-electron chi connectivity index (χ0n) is 28.8. The van der Waals surface area contributed by atoms with E-state index in [2.05, 4.69) is 4.90 Å². The Morgan fingerprint density at radius 3 is 2.66 bits per heavy atom. The van der Waals surface area contributed by atoms with Gasteiger partial charge in [0.15, 0.2) is 0 Å². The molecule has 12 heteroatoms. The molecule has 50 heavy (non-hydrogen) atoms. The minimum atomic E-state index is -1.11. The summed E-state index contributed by atoms with van der Waals surface area (Å²) in [6.07, 6.45) is 6.31. The van der Waals surface area contributed by atoms with Crippen molar-refractivity contribution in [1.29, 1.82) is 0 Å².